The Labute approximate surface area is 295 Å². The van der Waals surface area contributed by atoms with E-state index in [1.807, 2.05) is 0 Å². The minimum Gasteiger partial charge on any atom is -0.0581 e. The molecule has 2 aromatic rings. The first kappa shape index (κ1) is 41.6. The second kappa shape index (κ2) is 12.3. The van der Waals surface area contributed by atoms with E-state index >= 15 is 0 Å². The summed E-state index contributed by atoms with van der Waals surface area (Å²) < 4.78 is 0. The SMILES string of the molecule is CC(Cc1c(C(C)(C)C)cc(C(C)(C)C)cc1C(C)(C)C)c1c(C(C)(C)C)c(C(C)(C)C)c(C(C)(C)C)c(C(C)(C)C)c1C(C)(C)C. The monoisotopic (exact) mass is 645 g/mol. The van der Waals surface area contributed by atoms with Gasteiger partial charge in [0.2, 0.25) is 0 Å². The molecular weight excluding hydrogens is 565 g/mol. The van der Waals surface area contributed by atoms with Gasteiger partial charge in [-0.2, -0.15) is 0 Å². The number of hydrogen-bond acceptors (Lipinski definition) is 0. The minimum atomic E-state index is -0.0154. The van der Waals surface area contributed by atoms with E-state index in [2.05, 4.69) is 185 Å². The van der Waals surface area contributed by atoms with Gasteiger partial charge < -0.3 is 0 Å². The van der Waals surface area contributed by atoms with Gasteiger partial charge in [-0.05, 0) is 111 Å². The van der Waals surface area contributed by atoms with Crippen LogP contribution in [0.2, 0.25) is 0 Å². The van der Waals surface area contributed by atoms with Crippen LogP contribution in [0, 0.1) is 0 Å². The highest BCUT2D eigenvalue weighted by Crippen LogP contribution is 2.54. The zero-order valence-electron chi connectivity index (χ0n) is 36.4. The Morgan fingerprint density at radius 3 is 0.830 bits per heavy atom. The summed E-state index contributed by atoms with van der Waals surface area (Å²) in [7, 11) is 0. The van der Waals surface area contributed by atoms with Crippen LogP contribution < -0.4 is 0 Å². The second-order valence-corrected chi connectivity index (χ2v) is 23.4. The van der Waals surface area contributed by atoms with Crippen molar-refractivity contribution in [3.63, 3.8) is 0 Å². The van der Waals surface area contributed by atoms with E-state index in [-0.39, 0.29) is 43.3 Å². The smallest absolute Gasteiger partial charge is 0.0126 e. The normalized spacial score (nSPS) is 15.3. The first-order chi connectivity index (χ1) is 20.3. The second-order valence-electron chi connectivity index (χ2n) is 23.4. The fourth-order valence-corrected chi connectivity index (χ4v) is 8.14. The highest BCUT2D eigenvalue weighted by atomic mass is 14.5. The third kappa shape index (κ3) is 8.97. The van der Waals surface area contributed by atoms with Crippen LogP contribution in [-0.2, 0) is 49.7 Å². The largest absolute Gasteiger partial charge is 0.0581 e. The first-order valence-corrected chi connectivity index (χ1v) is 18.8. The van der Waals surface area contributed by atoms with Crippen LogP contribution in [0.1, 0.15) is 235 Å². The van der Waals surface area contributed by atoms with Crippen molar-refractivity contribution in [3.05, 3.63) is 67.8 Å². The van der Waals surface area contributed by atoms with E-state index in [1.165, 1.54) is 16.7 Å². The first-order valence-electron chi connectivity index (χ1n) is 18.8. The zero-order chi connectivity index (χ0) is 37.5. The average molecular weight is 645 g/mol. The molecule has 1 atom stereocenters. The van der Waals surface area contributed by atoms with Crippen LogP contribution in [-0.4, -0.2) is 0 Å². The maximum atomic E-state index is 2.57. The van der Waals surface area contributed by atoms with E-state index in [9.17, 15) is 0 Å². The summed E-state index contributed by atoms with van der Waals surface area (Å²) in [5.41, 5.74) is 15.8. The summed E-state index contributed by atoms with van der Waals surface area (Å²) in [6.45, 7) is 61.2. The Kier molecular flexibility index (Phi) is 10.9. The van der Waals surface area contributed by atoms with Gasteiger partial charge in [0.15, 0.2) is 0 Å². The Balaban J connectivity index is 3.43. The lowest BCUT2D eigenvalue weighted by Crippen LogP contribution is -2.38. The molecule has 0 aliphatic heterocycles. The summed E-state index contributed by atoms with van der Waals surface area (Å²) in [5, 5.41) is 0. The van der Waals surface area contributed by atoms with Crippen LogP contribution >= 0.6 is 0 Å². The zero-order valence-corrected chi connectivity index (χ0v) is 36.4. The van der Waals surface area contributed by atoms with Crippen LogP contribution in [0.3, 0.4) is 0 Å². The van der Waals surface area contributed by atoms with Crippen LogP contribution in [0.25, 0.3) is 0 Å². The Hall–Kier alpha value is -1.56. The van der Waals surface area contributed by atoms with E-state index in [0.29, 0.717) is 5.92 Å². The quantitative estimate of drug-likeness (QED) is 0.312. The molecule has 0 spiro atoms. The molecule has 0 heteroatoms. The molecule has 0 radical (unpaired) electrons. The number of benzene rings is 2. The summed E-state index contributed by atoms with van der Waals surface area (Å²) in [6, 6.07) is 5.13. The van der Waals surface area contributed by atoms with Crippen LogP contribution in [0.15, 0.2) is 12.1 Å². The lowest BCUT2D eigenvalue weighted by molar-refractivity contribution is 0.448. The highest BCUT2D eigenvalue weighted by Gasteiger charge is 2.43. The molecule has 0 N–H and O–H groups in total. The van der Waals surface area contributed by atoms with Gasteiger partial charge in [0.25, 0.3) is 0 Å². The molecule has 2 aromatic carbocycles. The van der Waals surface area contributed by atoms with Crippen molar-refractivity contribution in [2.75, 3.05) is 0 Å². The molecule has 0 amide bonds. The van der Waals surface area contributed by atoms with Crippen molar-refractivity contribution < 1.29 is 0 Å². The predicted octanol–water partition coefficient (Wildman–Crippen LogP) is 14.4. The molecule has 0 aromatic heterocycles. The fourth-order valence-electron chi connectivity index (χ4n) is 8.14. The van der Waals surface area contributed by atoms with Gasteiger partial charge in [-0.1, -0.05) is 185 Å². The Morgan fingerprint density at radius 2 is 0.617 bits per heavy atom. The minimum absolute atomic E-state index is 0.00237. The lowest BCUT2D eigenvalue weighted by atomic mass is 9.57. The van der Waals surface area contributed by atoms with Gasteiger partial charge in [0.05, 0.1) is 0 Å². The molecule has 0 nitrogen and oxygen atoms in total. The molecule has 268 valence electrons. The average Bonchev–Trinajstić information content (AvgIpc) is 2.76. The van der Waals surface area contributed by atoms with Crippen molar-refractivity contribution in [3.8, 4) is 0 Å². The van der Waals surface area contributed by atoms with Crippen molar-refractivity contribution in [2.45, 2.75) is 229 Å². The summed E-state index contributed by atoms with van der Waals surface area (Å²) in [4.78, 5) is 0. The molecule has 0 bridgehead atoms. The molecular formula is C47H80. The maximum Gasteiger partial charge on any atom is -0.0126 e. The standard InChI is InChI=1S/C47H80/c1-29(26-31-32(41(5,6)7)27-30(40(2,3)4)28-33(31)42(8,9)10)34-35(43(11,12)13)37(45(17,18)19)39(47(23,24)25)38(46(20,21)22)36(34)44(14,15)16/h27-29H,26H2,1-25H3. The fraction of sp³-hybridized carbons (Fsp3) is 0.745. The van der Waals surface area contributed by atoms with Gasteiger partial charge in [0, 0.05) is 0 Å². The molecule has 0 aliphatic rings. The van der Waals surface area contributed by atoms with Crippen molar-refractivity contribution in [2.24, 2.45) is 0 Å². The van der Waals surface area contributed by atoms with Gasteiger partial charge >= 0.3 is 0 Å². The summed E-state index contributed by atoms with van der Waals surface area (Å²) in [6.07, 6.45) is 1.04. The Bertz CT molecular complexity index is 1340. The highest BCUT2D eigenvalue weighted by molar-refractivity contribution is 5.64. The maximum absolute atomic E-state index is 2.57. The predicted molar refractivity (Wildman–Crippen MR) is 215 cm³/mol. The van der Waals surface area contributed by atoms with Crippen LogP contribution in [0.4, 0.5) is 0 Å². The lowest BCUT2D eigenvalue weighted by Gasteiger charge is -2.47. The molecule has 0 aliphatic carbocycles. The molecule has 0 saturated heterocycles. The summed E-state index contributed by atoms with van der Waals surface area (Å²) >= 11 is 0. The van der Waals surface area contributed by atoms with Gasteiger partial charge in [0.1, 0.15) is 0 Å². The molecule has 2 rings (SSSR count). The third-order valence-electron chi connectivity index (χ3n) is 10.0. The van der Waals surface area contributed by atoms with Crippen molar-refractivity contribution in [1.29, 1.82) is 0 Å². The Morgan fingerprint density at radius 1 is 0.362 bits per heavy atom. The van der Waals surface area contributed by atoms with Gasteiger partial charge in [-0.15, -0.1) is 0 Å². The topological polar surface area (TPSA) is 0 Å². The number of rotatable bonds is 3. The van der Waals surface area contributed by atoms with Crippen molar-refractivity contribution in [1.82, 2.24) is 0 Å². The molecule has 1 unspecified atom stereocenters. The summed E-state index contributed by atoms with van der Waals surface area (Å²) in [5.74, 6) is 0.345. The third-order valence-corrected chi connectivity index (χ3v) is 10.0. The van der Waals surface area contributed by atoms with Gasteiger partial charge in [-0.3, -0.25) is 0 Å². The van der Waals surface area contributed by atoms with E-state index in [1.54, 1.807) is 38.9 Å². The molecule has 0 fully saturated rings. The van der Waals surface area contributed by atoms with Gasteiger partial charge in [-0.25, -0.2) is 0 Å². The molecule has 0 heterocycles. The molecule has 0 saturated carbocycles. The van der Waals surface area contributed by atoms with E-state index in [4.69, 9.17) is 0 Å². The van der Waals surface area contributed by atoms with Crippen molar-refractivity contribution >= 4 is 0 Å². The van der Waals surface area contributed by atoms with E-state index < -0.39 is 0 Å². The van der Waals surface area contributed by atoms with E-state index in [0.717, 1.165) is 6.42 Å². The van der Waals surface area contributed by atoms with Crippen LogP contribution in [0.5, 0.6) is 0 Å². The number of hydrogen-bond donors (Lipinski definition) is 0. The molecule has 47 heavy (non-hydrogen) atoms.